The molecule has 1 aliphatic heterocycles. The number of carbonyl (C=O) groups excluding carboxylic acids is 1. The van der Waals surface area contributed by atoms with Crippen LogP contribution in [0.2, 0.25) is 0 Å². The number of nitrogens with zero attached hydrogens (tertiary/aromatic N) is 1. The van der Waals surface area contributed by atoms with Crippen LogP contribution in [0.25, 0.3) is 11.0 Å². The summed E-state index contributed by atoms with van der Waals surface area (Å²) in [7, 11) is 1.38. The molecule has 0 bridgehead atoms. The summed E-state index contributed by atoms with van der Waals surface area (Å²) in [6.07, 6.45) is 4.41. The van der Waals surface area contributed by atoms with Gasteiger partial charge in [-0.3, -0.25) is 0 Å². The molecule has 2 aromatic rings. The van der Waals surface area contributed by atoms with Gasteiger partial charge in [-0.2, -0.15) is 0 Å². The van der Waals surface area contributed by atoms with E-state index in [1.54, 1.807) is 6.07 Å². The molecule has 2 heterocycles. The fourth-order valence-electron chi connectivity index (χ4n) is 2.64. The van der Waals surface area contributed by atoms with E-state index in [-0.39, 0.29) is 12.1 Å². The van der Waals surface area contributed by atoms with Crippen molar-refractivity contribution in [3.8, 4) is 0 Å². The van der Waals surface area contributed by atoms with Crippen LogP contribution < -0.4 is 0 Å². The molecule has 1 fully saturated rings. The molecule has 1 atom stereocenters. The molecule has 106 valence electrons. The quantitative estimate of drug-likeness (QED) is 0.873. The Bertz CT molecular complexity index is 615. The number of esters is 1. The van der Waals surface area contributed by atoms with Crippen LogP contribution in [0.15, 0.2) is 18.2 Å². The van der Waals surface area contributed by atoms with Gasteiger partial charge in [0, 0.05) is 13.0 Å². The molecular formula is C15H18N2O3. The van der Waals surface area contributed by atoms with Crippen LogP contribution in [0.4, 0.5) is 0 Å². The third-order valence-corrected chi connectivity index (χ3v) is 3.66. The van der Waals surface area contributed by atoms with Gasteiger partial charge < -0.3 is 14.5 Å². The van der Waals surface area contributed by atoms with Crippen molar-refractivity contribution in [2.75, 3.05) is 13.7 Å². The normalized spacial score (nSPS) is 19.1. The number of ether oxygens (including phenoxy) is 2. The Labute approximate surface area is 117 Å². The molecule has 5 nitrogen and oxygen atoms in total. The summed E-state index contributed by atoms with van der Waals surface area (Å²) in [5.41, 5.74) is 2.03. The number of aromatic amines is 1. The Morgan fingerprint density at radius 3 is 3.15 bits per heavy atom. The highest BCUT2D eigenvalue weighted by Gasteiger charge is 2.18. The van der Waals surface area contributed by atoms with Crippen LogP contribution in [0, 0.1) is 0 Å². The number of methoxy groups -OCH3 is 1. The number of H-pyrrole nitrogens is 1. The summed E-state index contributed by atoms with van der Waals surface area (Å²) in [6, 6.07) is 5.48. The molecule has 1 aromatic carbocycles. The van der Waals surface area contributed by atoms with E-state index in [1.807, 2.05) is 12.1 Å². The second kappa shape index (κ2) is 5.63. The van der Waals surface area contributed by atoms with E-state index in [0.29, 0.717) is 11.1 Å². The monoisotopic (exact) mass is 274 g/mol. The highest BCUT2D eigenvalue weighted by atomic mass is 16.5. The van der Waals surface area contributed by atoms with Gasteiger partial charge in [-0.25, -0.2) is 9.78 Å². The van der Waals surface area contributed by atoms with Crippen LogP contribution >= 0.6 is 0 Å². The maximum absolute atomic E-state index is 11.7. The molecule has 0 radical (unpaired) electrons. The van der Waals surface area contributed by atoms with Gasteiger partial charge in [-0.15, -0.1) is 0 Å². The van der Waals surface area contributed by atoms with Crippen molar-refractivity contribution in [1.82, 2.24) is 9.97 Å². The molecule has 0 aliphatic carbocycles. The predicted octanol–water partition coefficient (Wildman–Crippen LogP) is 2.46. The Morgan fingerprint density at radius 2 is 2.40 bits per heavy atom. The first-order valence-corrected chi connectivity index (χ1v) is 6.95. The van der Waals surface area contributed by atoms with Crippen molar-refractivity contribution in [3.63, 3.8) is 0 Å². The van der Waals surface area contributed by atoms with E-state index in [9.17, 15) is 4.79 Å². The number of rotatable bonds is 3. The first-order valence-electron chi connectivity index (χ1n) is 6.95. The number of imidazole rings is 1. The number of nitrogens with one attached hydrogen (secondary N) is 1. The van der Waals surface area contributed by atoms with E-state index >= 15 is 0 Å². The third kappa shape index (κ3) is 2.54. The lowest BCUT2D eigenvalue weighted by molar-refractivity contribution is 0.0158. The fourth-order valence-corrected chi connectivity index (χ4v) is 2.64. The maximum Gasteiger partial charge on any atom is 0.340 e. The van der Waals surface area contributed by atoms with E-state index in [4.69, 9.17) is 9.47 Å². The number of benzene rings is 1. The van der Waals surface area contributed by atoms with E-state index in [2.05, 4.69) is 9.97 Å². The van der Waals surface area contributed by atoms with Gasteiger partial charge >= 0.3 is 5.97 Å². The van der Waals surface area contributed by atoms with E-state index < -0.39 is 0 Å². The standard InChI is InChI=1S/C15H18N2O3/c1-19-15(18)11-6-4-7-12-14(11)17-13(16-12)9-10-5-2-3-8-20-10/h4,6-7,10H,2-3,5,8-9H2,1H3,(H,16,17). The van der Waals surface area contributed by atoms with Crippen LogP contribution in [0.5, 0.6) is 0 Å². The minimum Gasteiger partial charge on any atom is -0.465 e. The largest absolute Gasteiger partial charge is 0.465 e. The Hall–Kier alpha value is -1.88. The summed E-state index contributed by atoms with van der Waals surface area (Å²) in [6.45, 7) is 0.832. The lowest BCUT2D eigenvalue weighted by atomic mass is 10.1. The Morgan fingerprint density at radius 1 is 1.50 bits per heavy atom. The average Bonchev–Trinajstić information content (AvgIpc) is 2.89. The fraction of sp³-hybridized carbons (Fsp3) is 0.467. The van der Waals surface area contributed by atoms with Gasteiger partial charge in [-0.1, -0.05) is 6.07 Å². The summed E-state index contributed by atoms with van der Waals surface area (Å²) in [5, 5.41) is 0. The number of para-hydroxylation sites is 1. The predicted molar refractivity (Wildman–Crippen MR) is 74.7 cm³/mol. The molecule has 0 saturated carbocycles. The summed E-state index contributed by atoms with van der Waals surface area (Å²) < 4.78 is 10.5. The maximum atomic E-state index is 11.7. The lowest BCUT2D eigenvalue weighted by Gasteiger charge is -2.21. The van der Waals surface area contributed by atoms with E-state index in [0.717, 1.165) is 37.2 Å². The lowest BCUT2D eigenvalue weighted by Crippen LogP contribution is -2.21. The van der Waals surface area contributed by atoms with Crippen LogP contribution in [-0.4, -0.2) is 35.8 Å². The van der Waals surface area contributed by atoms with E-state index in [1.165, 1.54) is 13.5 Å². The van der Waals surface area contributed by atoms with Crippen molar-refractivity contribution in [3.05, 3.63) is 29.6 Å². The van der Waals surface area contributed by atoms with Gasteiger partial charge in [0.1, 0.15) is 11.3 Å². The van der Waals surface area contributed by atoms with Crippen LogP contribution in [0.1, 0.15) is 35.4 Å². The second-order valence-corrected chi connectivity index (χ2v) is 5.07. The van der Waals surface area contributed by atoms with Crippen molar-refractivity contribution in [2.45, 2.75) is 31.8 Å². The highest BCUT2D eigenvalue weighted by molar-refractivity contribution is 6.01. The first-order chi connectivity index (χ1) is 9.78. The molecular weight excluding hydrogens is 256 g/mol. The van der Waals surface area contributed by atoms with Crippen molar-refractivity contribution in [2.24, 2.45) is 0 Å². The number of carbonyl (C=O) groups is 1. The van der Waals surface area contributed by atoms with Gasteiger partial charge in [0.05, 0.1) is 24.3 Å². The SMILES string of the molecule is COC(=O)c1cccc2[nH]c(CC3CCCCO3)nc12. The minimum atomic E-state index is -0.359. The van der Waals surface area contributed by atoms with Crippen LogP contribution in [-0.2, 0) is 15.9 Å². The zero-order chi connectivity index (χ0) is 13.9. The Balaban J connectivity index is 1.88. The molecule has 1 aliphatic rings. The first kappa shape index (κ1) is 13.1. The molecule has 0 amide bonds. The molecule has 1 N–H and O–H groups in total. The third-order valence-electron chi connectivity index (χ3n) is 3.66. The van der Waals surface area contributed by atoms with Crippen molar-refractivity contribution >= 4 is 17.0 Å². The second-order valence-electron chi connectivity index (χ2n) is 5.07. The van der Waals surface area contributed by atoms with Crippen molar-refractivity contribution in [1.29, 1.82) is 0 Å². The number of hydrogen-bond acceptors (Lipinski definition) is 4. The number of fused-ring (bicyclic) bond motifs is 1. The zero-order valence-corrected chi connectivity index (χ0v) is 11.5. The minimum absolute atomic E-state index is 0.228. The van der Waals surface area contributed by atoms with Gasteiger partial charge in [0.15, 0.2) is 0 Å². The topological polar surface area (TPSA) is 64.2 Å². The molecule has 1 unspecified atom stereocenters. The molecule has 0 spiro atoms. The van der Waals surface area contributed by atoms with Crippen molar-refractivity contribution < 1.29 is 14.3 Å². The molecule has 3 rings (SSSR count). The Kier molecular flexibility index (Phi) is 3.69. The number of aromatic nitrogens is 2. The average molecular weight is 274 g/mol. The van der Waals surface area contributed by atoms with Gasteiger partial charge in [-0.05, 0) is 31.4 Å². The highest BCUT2D eigenvalue weighted by Crippen LogP contribution is 2.20. The molecule has 20 heavy (non-hydrogen) atoms. The zero-order valence-electron chi connectivity index (χ0n) is 11.5. The molecule has 1 saturated heterocycles. The summed E-state index contributed by atoms with van der Waals surface area (Å²) >= 11 is 0. The summed E-state index contributed by atoms with van der Waals surface area (Å²) in [4.78, 5) is 19.5. The van der Waals surface area contributed by atoms with Crippen LogP contribution in [0.3, 0.4) is 0 Å². The van der Waals surface area contributed by atoms with Gasteiger partial charge in [0.2, 0.25) is 0 Å². The summed E-state index contributed by atoms with van der Waals surface area (Å²) in [5.74, 6) is 0.505. The smallest absolute Gasteiger partial charge is 0.340 e. The molecule has 5 heteroatoms. The molecule has 1 aromatic heterocycles. The van der Waals surface area contributed by atoms with Gasteiger partial charge in [0.25, 0.3) is 0 Å². The number of hydrogen-bond donors (Lipinski definition) is 1.